The van der Waals surface area contributed by atoms with Crippen LogP contribution in [0.15, 0.2) is 65.5 Å². The molecule has 4 rings (SSSR count). The fourth-order valence-electron chi connectivity index (χ4n) is 3.26. The topological polar surface area (TPSA) is 97.6 Å². The Morgan fingerprint density at radius 2 is 1.90 bits per heavy atom. The minimum atomic E-state index is -0.536. The van der Waals surface area contributed by atoms with E-state index in [4.69, 9.17) is 9.15 Å². The average Bonchev–Trinajstić information content (AvgIpc) is 3.30. The molecule has 30 heavy (non-hydrogen) atoms. The van der Waals surface area contributed by atoms with E-state index in [0.29, 0.717) is 38.3 Å². The summed E-state index contributed by atoms with van der Waals surface area (Å²) in [6.45, 7) is 2.06. The van der Waals surface area contributed by atoms with Gasteiger partial charge >= 0.3 is 0 Å². The first-order valence-corrected chi connectivity index (χ1v) is 9.78. The first-order chi connectivity index (χ1) is 14.7. The fourth-order valence-corrected chi connectivity index (χ4v) is 3.26. The quantitative estimate of drug-likeness (QED) is 0.674. The number of nitrogens with zero attached hydrogens (tertiary/aromatic N) is 3. The zero-order valence-electron chi connectivity index (χ0n) is 16.4. The number of ether oxygens (including phenoxy) is 1. The minimum absolute atomic E-state index is 0.203. The smallest absolute Gasteiger partial charge is 0.275 e. The molecule has 154 valence electrons. The molecule has 1 aliphatic rings. The van der Waals surface area contributed by atoms with Crippen LogP contribution in [0.5, 0.6) is 0 Å². The van der Waals surface area contributed by atoms with Crippen LogP contribution in [-0.4, -0.2) is 53.0 Å². The molecule has 0 bridgehead atoms. The van der Waals surface area contributed by atoms with E-state index < -0.39 is 6.04 Å². The minimum Gasteiger partial charge on any atom is -0.446 e. The predicted molar refractivity (Wildman–Crippen MR) is 108 cm³/mol. The van der Waals surface area contributed by atoms with Crippen molar-refractivity contribution in [2.24, 2.45) is 0 Å². The Labute approximate surface area is 173 Å². The Bertz CT molecular complexity index is 985. The van der Waals surface area contributed by atoms with Crippen molar-refractivity contribution >= 4 is 11.8 Å². The van der Waals surface area contributed by atoms with Gasteiger partial charge in [-0.05, 0) is 17.7 Å². The number of nitrogens with one attached hydrogen (secondary N) is 1. The van der Waals surface area contributed by atoms with E-state index in [0.717, 1.165) is 5.56 Å². The number of oxazole rings is 1. The van der Waals surface area contributed by atoms with E-state index in [1.54, 1.807) is 23.2 Å². The Morgan fingerprint density at radius 3 is 2.63 bits per heavy atom. The molecule has 1 aliphatic heterocycles. The number of hydrogen-bond donors (Lipinski definition) is 1. The van der Waals surface area contributed by atoms with E-state index in [1.165, 1.54) is 12.5 Å². The van der Waals surface area contributed by atoms with Crippen LogP contribution < -0.4 is 5.32 Å². The molecule has 8 nitrogen and oxygen atoms in total. The lowest BCUT2D eigenvalue weighted by Gasteiger charge is -2.25. The van der Waals surface area contributed by atoms with Gasteiger partial charge in [-0.2, -0.15) is 0 Å². The van der Waals surface area contributed by atoms with Crippen LogP contribution in [0, 0.1) is 0 Å². The molecule has 1 N–H and O–H groups in total. The lowest BCUT2D eigenvalue weighted by atomic mass is 10.1. The standard InChI is InChI=1S/C22H22N4O4/c27-20(17-7-4-8-23-14-17)24-18(13-16-5-2-1-3-6-16)21-25-19(15-30-21)22(28)26-9-11-29-12-10-26/h1-8,14-15,18H,9-13H2,(H,24,27)/t18-/m1/s1. The van der Waals surface area contributed by atoms with Crippen LogP contribution in [-0.2, 0) is 11.2 Å². The van der Waals surface area contributed by atoms with Gasteiger partial charge in [-0.15, -0.1) is 0 Å². The molecule has 1 atom stereocenters. The number of aromatic nitrogens is 2. The molecule has 1 saturated heterocycles. The second-order valence-corrected chi connectivity index (χ2v) is 6.93. The summed E-state index contributed by atoms with van der Waals surface area (Å²) in [5, 5.41) is 2.95. The molecule has 2 amide bonds. The first-order valence-electron chi connectivity index (χ1n) is 9.78. The Morgan fingerprint density at radius 1 is 1.10 bits per heavy atom. The molecular formula is C22H22N4O4. The van der Waals surface area contributed by atoms with Gasteiger partial charge in [0.2, 0.25) is 5.89 Å². The molecule has 1 fully saturated rings. The van der Waals surface area contributed by atoms with Crippen molar-refractivity contribution < 1.29 is 18.7 Å². The Hall–Kier alpha value is -3.52. The number of carbonyl (C=O) groups excluding carboxylic acids is 2. The molecule has 0 saturated carbocycles. The first kappa shape index (κ1) is 19.8. The molecule has 0 unspecified atom stereocenters. The third kappa shape index (κ3) is 4.72. The van der Waals surface area contributed by atoms with Crippen molar-refractivity contribution in [1.82, 2.24) is 20.2 Å². The normalized spacial score (nSPS) is 14.9. The summed E-state index contributed by atoms with van der Waals surface area (Å²) in [5.74, 6) is -0.207. The van der Waals surface area contributed by atoms with Crippen LogP contribution >= 0.6 is 0 Å². The highest BCUT2D eigenvalue weighted by molar-refractivity contribution is 5.94. The molecule has 1 aromatic carbocycles. The Kier molecular flexibility index (Phi) is 6.14. The lowest BCUT2D eigenvalue weighted by molar-refractivity contribution is 0.0299. The van der Waals surface area contributed by atoms with Gasteiger partial charge in [-0.1, -0.05) is 30.3 Å². The van der Waals surface area contributed by atoms with Crippen molar-refractivity contribution in [3.63, 3.8) is 0 Å². The fraction of sp³-hybridized carbons (Fsp3) is 0.273. The van der Waals surface area contributed by atoms with Crippen molar-refractivity contribution in [2.75, 3.05) is 26.3 Å². The molecular weight excluding hydrogens is 384 g/mol. The van der Waals surface area contributed by atoms with Gasteiger partial charge in [-0.3, -0.25) is 14.6 Å². The van der Waals surface area contributed by atoms with Crippen LogP contribution in [0.2, 0.25) is 0 Å². The average molecular weight is 406 g/mol. The second-order valence-electron chi connectivity index (χ2n) is 6.93. The number of morpholine rings is 1. The van der Waals surface area contributed by atoms with Crippen molar-refractivity contribution in [3.8, 4) is 0 Å². The number of rotatable bonds is 6. The van der Waals surface area contributed by atoms with Crippen LogP contribution in [0.1, 0.15) is 38.3 Å². The van der Waals surface area contributed by atoms with E-state index in [1.807, 2.05) is 30.3 Å². The monoisotopic (exact) mass is 406 g/mol. The maximum Gasteiger partial charge on any atom is 0.275 e. The molecule has 0 radical (unpaired) electrons. The van der Waals surface area contributed by atoms with Gasteiger partial charge in [-0.25, -0.2) is 4.98 Å². The van der Waals surface area contributed by atoms with E-state index >= 15 is 0 Å². The SMILES string of the molecule is O=C(N[C@H](Cc1ccccc1)c1nc(C(=O)N2CCOCC2)co1)c1cccnc1. The number of amides is 2. The highest BCUT2D eigenvalue weighted by Gasteiger charge is 2.26. The number of pyridine rings is 1. The van der Waals surface area contributed by atoms with Crippen LogP contribution in [0.4, 0.5) is 0 Å². The predicted octanol–water partition coefficient (Wildman–Crippen LogP) is 2.26. The summed E-state index contributed by atoms with van der Waals surface area (Å²) in [7, 11) is 0. The maximum absolute atomic E-state index is 12.7. The number of carbonyl (C=O) groups is 2. The zero-order chi connectivity index (χ0) is 20.8. The zero-order valence-corrected chi connectivity index (χ0v) is 16.4. The van der Waals surface area contributed by atoms with E-state index in [-0.39, 0.29) is 23.4 Å². The molecule has 2 aromatic heterocycles. The lowest BCUT2D eigenvalue weighted by Crippen LogP contribution is -2.40. The summed E-state index contributed by atoms with van der Waals surface area (Å²) in [5.41, 5.74) is 1.67. The summed E-state index contributed by atoms with van der Waals surface area (Å²) < 4.78 is 10.9. The van der Waals surface area contributed by atoms with Crippen molar-refractivity contribution in [3.05, 3.63) is 83.8 Å². The largest absolute Gasteiger partial charge is 0.446 e. The highest BCUT2D eigenvalue weighted by atomic mass is 16.5. The van der Waals surface area contributed by atoms with Gasteiger partial charge in [0.05, 0.1) is 18.8 Å². The third-order valence-electron chi connectivity index (χ3n) is 4.85. The molecule has 0 aliphatic carbocycles. The molecule has 0 spiro atoms. The maximum atomic E-state index is 12.7. The van der Waals surface area contributed by atoms with Gasteiger partial charge in [0, 0.05) is 31.9 Å². The summed E-state index contributed by atoms with van der Waals surface area (Å²) in [4.78, 5) is 35.5. The van der Waals surface area contributed by atoms with Gasteiger partial charge in [0.15, 0.2) is 5.69 Å². The molecule has 3 aromatic rings. The molecule has 8 heteroatoms. The number of hydrogen-bond acceptors (Lipinski definition) is 6. The van der Waals surface area contributed by atoms with Crippen molar-refractivity contribution in [1.29, 1.82) is 0 Å². The summed E-state index contributed by atoms with van der Waals surface area (Å²) in [6.07, 6.45) is 4.92. The summed E-state index contributed by atoms with van der Waals surface area (Å²) >= 11 is 0. The third-order valence-corrected chi connectivity index (χ3v) is 4.85. The van der Waals surface area contributed by atoms with E-state index in [2.05, 4.69) is 15.3 Å². The highest BCUT2D eigenvalue weighted by Crippen LogP contribution is 2.20. The van der Waals surface area contributed by atoms with Gasteiger partial charge in [0.1, 0.15) is 12.3 Å². The molecule has 3 heterocycles. The second kappa shape index (κ2) is 9.32. The van der Waals surface area contributed by atoms with Crippen LogP contribution in [0.25, 0.3) is 0 Å². The van der Waals surface area contributed by atoms with Gasteiger partial charge < -0.3 is 19.4 Å². The van der Waals surface area contributed by atoms with Gasteiger partial charge in [0.25, 0.3) is 11.8 Å². The summed E-state index contributed by atoms with van der Waals surface area (Å²) in [6, 6.07) is 12.6. The van der Waals surface area contributed by atoms with Crippen LogP contribution in [0.3, 0.4) is 0 Å². The van der Waals surface area contributed by atoms with Crippen molar-refractivity contribution in [2.45, 2.75) is 12.5 Å². The Balaban J connectivity index is 1.55. The van der Waals surface area contributed by atoms with E-state index in [9.17, 15) is 9.59 Å². The number of benzene rings is 1.